The van der Waals surface area contributed by atoms with Gasteiger partial charge in [-0.1, -0.05) is 17.7 Å². The predicted octanol–water partition coefficient (Wildman–Crippen LogP) is 5.08. The van der Waals surface area contributed by atoms with Crippen LogP contribution in [0.1, 0.15) is 28.8 Å². The number of nitrogens with zero attached hydrogens (tertiary/aromatic N) is 4. The number of hydrogen-bond donors (Lipinski definition) is 0. The third kappa shape index (κ3) is 2.81. The average molecular weight is 380 g/mol. The molecule has 1 aliphatic carbocycles. The van der Waals surface area contributed by atoms with Gasteiger partial charge in [-0.2, -0.15) is 0 Å². The molecule has 0 aliphatic heterocycles. The predicted molar refractivity (Wildman–Crippen MR) is 103 cm³/mol. The Balaban J connectivity index is 1.50. The van der Waals surface area contributed by atoms with E-state index in [2.05, 4.69) is 27.1 Å². The first-order chi connectivity index (χ1) is 12.8. The van der Waals surface area contributed by atoms with Crippen molar-refractivity contribution in [1.82, 2.24) is 20.2 Å². The molecule has 0 amide bonds. The first-order valence-corrected chi connectivity index (χ1v) is 10.2. The highest BCUT2D eigenvalue weighted by atomic mass is 32.2. The molecule has 0 atom stereocenters. The number of aryl methyl sites for hydroxylation is 3. The van der Waals surface area contributed by atoms with E-state index in [1.165, 1.54) is 46.0 Å². The molecule has 1 aliphatic rings. The van der Waals surface area contributed by atoms with Crippen molar-refractivity contribution in [2.75, 3.05) is 0 Å². The third-order valence-corrected chi connectivity index (χ3v) is 6.65. The molecule has 0 bridgehead atoms. The van der Waals surface area contributed by atoms with Crippen LogP contribution in [0.4, 0.5) is 0 Å². The Morgan fingerprint density at radius 1 is 1.04 bits per heavy atom. The Morgan fingerprint density at radius 2 is 1.88 bits per heavy atom. The van der Waals surface area contributed by atoms with Crippen LogP contribution in [0.3, 0.4) is 0 Å². The third-order valence-electron chi connectivity index (χ3n) is 4.61. The summed E-state index contributed by atoms with van der Waals surface area (Å²) in [6.07, 6.45) is 6.38. The zero-order valence-electron chi connectivity index (χ0n) is 14.2. The van der Waals surface area contributed by atoms with Crippen molar-refractivity contribution in [3.63, 3.8) is 0 Å². The summed E-state index contributed by atoms with van der Waals surface area (Å²) in [7, 11) is 0. The molecule has 0 N–H and O–H groups in total. The molecular weight excluding hydrogens is 364 g/mol. The highest BCUT2D eigenvalue weighted by Crippen LogP contribution is 2.41. The highest BCUT2D eigenvalue weighted by molar-refractivity contribution is 7.99. The van der Waals surface area contributed by atoms with E-state index >= 15 is 0 Å². The zero-order chi connectivity index (χ0) is 17.5. The van der Waals surface area contributed by atoms with Crippen LogP contribution in [0.5, 0.6) is 0 Å². The fourth-order valence-electron chi connectivity index (χ4n) is 3.29. The minimum Gasteiger partial charge on any atom is -0.411 e. The van der Waals surface area contributed by atoms with Gasteiger partial charge in [0.1, 0.15) is 16.2 Å². The number of rotatable bonds is 3. The molecular formula is C19H16N4OS2. The first-order valence-electron chi connectivity index (χ1n) is 8.61. The maximum absolute atomic E-state index is 5.87. The first kappa shape index (κ1) is 16.0. The largest absolute Gasteiger partial charge is 0.411 e. The van der Waals surface area contributed by atoms with Crippen LogP contribution in [0.2, 0.25) is 0 Å². The lowest BCUT2D eigenvalue weighted by atomic mass is 9.97. The SMILES string of the molecule is Cc1ccc(-c2nnc(Sc3ncnc4sc5c(c34)CCCC5)o2)cc1. The van der Waals surface area contributed by atoms with Gasteiger partial charge in [-0.15, -0.1) is 21.5 Å². The Morgan fingerprint density at radius 3 is 2.77 bits per heavy atom. The molecule has 0 spiro atoms. The van der Waals surface area contributed by atoms with E-state index in [1.807, 2.05) is 24.3 Å². The van der Waals surface area contributed by atoms with Crippen molar-refractivity contribution in [2.24, 2.45) is 0 Å². The maximum atomic E-state index is 5.87. The van der Waals surface area contributed by atoms with Gasteiger partial charge in [0.2, 0.25) is 5.89 Å². The second-order valence-corrected chi connectivity index (χ2v) is 8.43. The van der Waals surface area contributed by atoms with Gasteiger partial charge in [0.25, 0.3) is 5.22 Å². The molecule has 0 saturated heterocycles. The molecule has 0 saturated carbocycles. The summed E-state index contributed by atoms with van der Waals surface area (Å²) in [4.78, 5) is 11.5. The van der Waals surface area contributed by atoms with Gasteiger partial charge >= 0.3 is 0 Å². The molecule has 1 aromatic carbocycles. The van der Waals surface area contributed by atoms with Gasteiger partial charge in [0.05, 0.1) is 0 Å². The molecule has 5 nitrogen and oxygen atoms in total. The fourth-order valence-corrected chi connectivity index (χ4v) is 5.37. The Bertz CT molecular complexity index is 1080. The number of fused-ring (bicyclic) bond motifs is 3. The van der Waals surface area contributed by atoms with Crippen LogP contribution < -0.4 is 0 Å². The lowest BCUT2D eigenvalue weighted by Crippen LogP contribution is -1.98. The van der Waals surface area contributed by atoms with Crippen LogP contribution in [0.15, 0.2) is 45.3 Å². The normalized spacial score (nSPS) is 13.9. The number of hydrogen-bond acceptors (Lipinski definition) is 7. The van der Waals surface area contributed by atoms with Crippen LogP contribution in [0, 0.1) is 6.92 Å². The fraction of sp³-hybridized carbons (Fsp3) is 0.263. The maximum Gasteiger partial charge on any atom is 0.283 e. The Kier molecular flexibility index (Phi) is 3.98. The van der Waals surface area contributed by atoms with Crippen molar-refractivity contribution in [1.29, 1.82) is 0 Å². The van der Waals surface area contributed by atoms with E-state index in [-0.39, 0.29) is 0 Å². The van der Waals surface area contributed by atoms with Gasteiger partial charge in [-0.05, 0) is 62.1 Å². The summed E-state index contributed by atoms with van der Waals surface area (Å²) in [5.41, 5.74) is 3.54. The summed E-state index contributed by atoms with van der Waals surface area (Å²) in [6, 6.07) is 8.07. The lowest BCUT2D eigenvalue weighted by Gasteiger charge is -2.10. The number of thiophene rings is 1. The average Bonchev–Trinajstić information content (AvgIpc) is 3.27. The molecule has 0 radical (unpaired) electrons. The van der Waals surface area contributed by atoms with Crippen molar-refractivity contribution in [2.45, 2.75) is 42.9 Å². The summed E-state index contributed by atoms with van der Waals surface area (Å²) < 4.78 is 5.87. The molecule has 3 heterocycles. The van der Waals surface area contributed by atoms with Crippen LogP contribution in [-0.4, -0.2) is 20.2 Å². The smallest absolute Gasteiger partial charge is 0.283 e. The molecule has 7 heteroatoms. The van der Waals surface area contributed by atoms with Crippen molar-refractivity contribution in [3.05, 3.63) is 46.6 Å². The molecule has 4 aromatic rings. The van der Waals surface area contributed by atoms with Crippen LogP contribution in [0.25, 0.3) is 21.7 Å². The van der Waals surface area contributed by atoms with E-state index in [0.29, 0.717) is 11.1 Å². The topological polar surface area (TPSA) is 64.7 Å². The molecule has 3 aromatic heterocycles. The summed E-state index contributed by atoms with van der Waals surface area (Å²) >= 11 is 3.23. The molecule has 5 rings (SSSR count). The number of benzene rings is 1. The van der Waals surface area contributed by atoms with Gasteiger partial charge < -0.3 is 4.42 Å². The molecule has 0 unspecified atom stereocenters. The van der Waals surface area contributed by atoms with E-state index < -0.39 is 0 Å². The van der Waals surface area contributed by atoms with E-state index in [0.717, 1.165) is 28.3 Å². The van der Waals surface area contributed by atoms with Gasteiger partial charge in [-0.3, -0.25) is 0 Å². The monoisotopic (exact) mass is 380 g/mol. The van der Waals surface area contributed by atoms with Crippen molar-refractivity contribution >= 4 is 33.3 Å². The zero-order valence-corrected chi connectivity index (χ0v) is 15.9. The quantitative estimate of drug-likeness (QED) is 0.462. The van der Waals surface area contributed by atoms with E-state index in [1.54, 1.807) is 17.7 Å². The molecule has 0 fully saturated rings. The van der Waals surface area contributed by atoms with E-state index in [4.69, 9.17) is 4.42 Å². The molecule has 130 valence electrons. The second-order valence-electron chi connectivity index (χ2n) is 6.41. The van der Waals surface area contributed by atoms with Crippen molar-refractivity contribution in [3.8, 4) is 11.5 Å². The second kappa shape index (κ2) is 6.48. The minimum absolute atomic E-state index is 0.510. The standard InChI is InChI=1S/C19H16N4OS2/c1-11-6-8-12(9-7-11)16-22-23-19(24-16)26-18-15-13-4-2-3-5-14(13)25-17(15)20-10-21-18/h6-10H,2-5H2,1H3. The summed E-state index contributed by atoms with van der Waals surface area (Å²) in [5, 5.41) is 11.0. The number of aromatic nitrogens is 4. The Labute approximate surface area is 158 Å². The van der Waals surface area contributed by atoms with Crippen molar-refractivity contribution < 1.29 is 4.42 Å². The van der Waals surface area contributed by atoms with Gasteiger partial charge in [0.15, 0.2) is 0 Å². The summed E-state index contributed by atoms with van der Waals surface area (Å²) in [6.45, 7) is 2.06. The van der Waals surface area contributed by atoms with Gasteiger partial charge in [-0.25, -0.2) is 9.97 Å². The molecule has 26 heavy (non-hydrogen) atoms. The Hall–Kier alpha value is -2.25. The minimum atomic E-state index is 0.510. The van der Waals surface area contributed by atoms with E-state index in [9.17, 15) is 0 Å². The highest BCUT2D eigenvalue weighted by Gasteiger charge is 2.21. The van der Waals surface area contributed by atoms with Gasteiger partial charge in [0, 0.05) is 15.8 Å². The van der Waals surface area contributed by atoms with Crippen LogP contribution >= 0.6 is 23.1 Å². The lowest BCUT2D eigenvalue weighted by molar-refractivity contribution is 0.465. The van der Waals surface area contributed by atoms with Crippen LogP contribution in [-0.2, 0) is 12.8 Å². The summed E-state index contributed by atoms with van der Waals surface area (Å²) in [5.74, 6) is 0.533.